The van der Waals surface area contributed by atoms with Crippen molar-refractivity contribution in [2.24, 2.45) is 0 Å². The molecule has 3 heterocycles. The lowest BCUT2D eigenvalue weighted by atomic mass is 10.1. The topological polar surface area (TPSA) is 181 Å². The van der Waals surface area contributed by atoms with E-state index in [2.05, 4.69) is 15.6 Å². The molecule has 16 heteroatoms. The zero-order valence-corrected chi connectivity index (χ0v) is 25.5. The number of carbonyl (C=O) groups excluding carboxylic acids is 1. The number of fused-ring (bicyclic) bond motifs is 1. The zero-order chi connectivity index (χ0) is 34.0. The van der Waals surface area contributed by atoms with Crippen molar-refractivity contribution in [3.8, 4) is 28.5 Å². The maximum atomic E-state index is 11.6. The van der Waals surface area contributed by atoms with Gasteiger partial charge in [0.1, 0.15) is 11.0 Å². The first-order valence-corrected chi connectivity index (χ1v) is 14.4. The van der Waals surface area contributed by atoms with Gasteiger partial charge in [0, 0.05) is 18.7 Å². The van der Waals surface area contributed by atoms with Gasteiger partial charge in [0.15, 0.2) is 23.1 Å². The van der Waals surface area contributed by atoms with Crippen LogP contribution in [0.1, 0.15) is 35.7 Å². The van der Waals surface area contributed by atoms with Crippen molar-refractivity contribution in [1.82, 2.24) is 30.2 Å². The van der Waals surface area contributed by atoms with Crippen LogP contribution in [0.4, 0.5) is 19.0 Å². The smallest absolute Gasteiger partial charge is 0.490 e. The maximum Gasteiger partial charge on any atom is 0.490 e. The molecule has 4 N–H and O–H groups in total. The molecular formula is C31H32F3N7O6. The van der Waals surface area contributed by atoms with Gasteiger partial charge in [-0.1, -0.05) is 42.5 Å². The van der Waals surface area contributed by atoms with E-state index >= 15 is 0 Å². The Balaban J connectivity index is 0.000000644. The van der Waals surface area contributed by atoms with Gasteiger partial charge in [-0.2, -0.15) is 13.2 Å². The third-order valence-electron chi connectivity index (χ3n) is 6.78. The highest BCUT2D eigenvalue weighted by atomic mass is 19.4. The number of benzene rings is 2. The number of nitrogens with two attached hydrogens (primary N) is 1. The normalized spacial score (nSPS) is 11.2. The Morgan fingerprint density at radius 3 is 2.34 bits per heavy atom. The van der Waals surface area contributed by atoms with E-state index in [-0.39, 0.29) is 11.8 Å². The van der Waals surface area contributed by atoms with Crippen LogP contribution in [0, 0.1) is 0 Å². The second-order valence-corrected chi connectivity index (χ2v) is 9.94. The van der Waals surface area contributed by atoms with E-state index in [1.807, 2.05) is 54.0 Å². The quantitative estimate of drug-likeness (QED) is 0.119. The Labute approximate surface area is 266 Å². The number of hydrogen-bond acceptors (Lipinski definition) is 11. The predicted octanol–water partition coefficient (Wildman–Crippen LogP) is 5.12. The molecule has 0 aliphatic carbocycles. The van der Waals surface area contributed by atoms with Crippen LogP contribution in [0.2, 0.25) is 0 Å². The fraction of sp³-hybridized carbons (Fsp3) is 0.290. The molecule has 13 nitrogen and oxygen atoms in total. The van der Waals surface area contributed by atoms with Crippen molar-refractivity contribution in [2.75, 3.05) is 26.0 Å². The SMILES string of the molecule is CCn1c(-c2nonc2N)nc2c(-c3ccccc3)ncc(OCCCCNCc3ccc(C(=O)OC)cc3)c21.O=C(O)C(F)(F)F. The van der Waals surface area contributed by atoms with Crippen LogP contribution in [0.5, 0.6) is 5.75 Å². The monoisotopic (exact) mass is 655 g/mol. The Morgan fingerprint density at radius 2 is 1.74 bits per heavy atom. The average molecular weight is 656 g/mol. The summed E-state index contributed by atoms with van der Waals surface area (Å²) in [7, 11) is 1.38. The zero-order valence-electron chi connectivity index (χ0n) is 25.5. The second-order valence-electron chi connectivity index (χ2n) is 9.94. The number of carbonyl (C=O) groups is 2. The maximum absolute atomic E-state index is 11.6. The highest BCUT2D eigenvalue weighted by molar-refractivity contribution is 5.96. The molecule has 3 aromatic heterocycles. The molecule has 248 valence electrons. The summed E-state index contributed by atoms with van der Waals surface area (Å²) in [5.74, 6) is -1.72. The summed E-state index contributed by atoms with van der Waals surface area (Å²) in [6.07, 6.45) is -1.55. The van der Waals surface area contributed by atoms with Gasteiger partial charge in [0.2, 0.25) is 0 Å². The van der Waals surface area contributed by atoms with Crippen molar-refractivity contribution >= 4 is 28.8 Å². The minimum atomic E-state index is -5.08. The number of nitrogens with one attached hydrogen (secondary N) is 1. The summed E-state index contributed by atoms with van der Waals surface area (Å²) in [5.41, 5.74) is 11.3. The lowest BCUT2D eigenvalue weighted by molar-refractivity contribution is -0.192. The first-order chi connectivity index (χ1) is 22.5. The van der Waals surface area contributed by atoms with Gasteiger partial charge in [-0.05, 0) is 54.3 Å². The molecular weight excluding hydrogens is 623 g/mol. The van der Waals surface area contributed by atoms with E-state index in [9.17, 15) is 18.0 Å². The number of esters is 1. The molecule has 0 bridgehead atoms. The number of ether oxygens (including phenoxy) is 2. The molecule has 5 rings (SSSR count). The summed E-state index contributed by atoms with van der Waals surface area (Å²) in [5, 5.41) is 18.3. The van der Waals surface area contributed by atoms with Gasteiger partial charge < -0.3 is 30.2 Å². The number of pyridine rings is 1. The van der Waals surface area contributed by atoms with E-state index in [0.29, 0.717) is 48.0 Å². The lowest BCUT2D eigenvalue weighted by Crippen LogP contribution is -2.21. The molecule has 0 radical (unpaired) electrons. The molecule has 47 heavy (non-hydrogen) atoms. The number of aryl methyl sites for hydroxylation is 1. The van der Waals surface area contributed by atoms with Gasteiger partial charge >= 0.3 is 18.1 Å². The van der Waals surface area contributed by atoms with Gasteiger partial charge in [0.05, 0.1) is 31.2 Å². The number of carboxylic acids is 1. The van der Waals surface area contributed by atoms with Crippen LogP contribution < -0.4 is 15.8 Å². The first kappa shape index (κ1) is 34.4. The number of halogens is 3. The largest absolute Gasteiger partial charge is 0.490 e. The van der Waals surface area contributed by atoms with Crippen molar-refractivity contribution in [1.29, 1.82) is 0 Å². The number of nitrogens with zero attached hydrogens (tertiary/aromatic N) is 5. The Hall–Kier alpha value is -5.51. The summed E-state index contributed by atoms with van der Waals surface area (Å²) in [6.45, 7) is 4.70. The van der Waals surface area contributed by atoms with Crippen LogP contribution in [-0.4, -0.2) is 68.3 Å². The number of rotatable bonds is 12. The van der Waals surface area contributed by atoms with Crippen LogP contribution in [-0.2, 0) is 22.6 Å². The molecule has 0 saturated heterocycles. The number of unbranched alkanes of at least 4 members (excludes halogenated alkanes) is 1. The molecule has 0 saturated carbocycles. The Kier molecular flexibility index (Phi) is 11.5. The highest BCUT2D eigenvalue weighted by Gasteiger charge is 2.38. The Bertz CT molecular complexity index is 1790. The van der Waals surface area contributed by atoms with E-state index in [1.54, 1.807) is 18.3 Å². The molecule has 0 fully saturated rings. The summed E-state index contributed by atoms with van der Waals surface area (Å²) < 4.78 is 49.6. The predicted molar refractivity (Wildman–Crippen MR) is 164 cm³/mol. The average Bonchev–Trinajstić information content (AvgIpc) is 3.67. The van der Waals surface area contributed by atoms with Crippen LogP contribution in [0.3, 0.4) is 0 Å². The molecule has 0 spiro atoms. The van der Waals surface area contributed by atoms with E-state index in [4.69, 9.17) is 39.7 Å². The van der Waals surface area contributed by atoms with Gasteiger partial charge in [0.25, 0.3) is 0 Å². The molecule has 0 amide bonds. The van der Waals surface area contributed by atoms with E-state index in [0.717, 1.165) is 41.7 Å². The van der Waals surface area contributed by atoms with Crippen molar-refractivity contribution in [2.45, 2.75) is 39.0 Å². The van der Waals surface area contributed by atoms with Crippen molar-refractivity contribution in [3.63, 3.8) is 0 Å². The number of carboxylic acid groups (broad SMARTS) is 1. The Morgan fingerprint density at radius 1 is 1.04 bits per heavy atom. The minimum absolute atomic E-state index is 0.175. The molecule has 0 aliphatic rings. The number of nitrogen functional groups attached to an aromatic ring is 1. The number of aromatic nitrogens is 5. The van der Waals surface area contributed by atoms with Gasteiger partial charge in [-0.25, -0.2) is 24.2 Å². The van der Waals surface area contributed by atoms with Gasteiger partial charge in [-0.3, -0.25) is 0 Å². The number of imidazole rings is 1. The summed E-state index contributed by atoms with van der Waals surface area (Å²) >= 11 is 0. The molecule has 0 aliphatic heterocycles. The van der Waals surface area contributed by atoms with Gasteiger partial charge in [-0.15, -0.1) is 0 Å². The fourth-order valence-electron chi connectivity index (χ4n) is 4.51. The minimum Gasteiger partial charge on any atom is -0.490 e. The van der Waals surface area contributed by atoms with E-state index < -0.39 is 12.1 Å². The third kappa shape index (κ3) is 8.61. The second kappa shape index (κ2) is 15.7. The standard InChI is InChI=1S/C29H31N7O4.C2HF3O2/c1-3-36-26-22(39-16-8-7-15-31-17-19-11-13-21(14-12-19)29(37)38-2)18-32-23(20-9-5-4-6-10-20)24(26)33-28(36)25-27(30)35-40-34-25;3-2(4,5)1(6)7/h4-6,9-14,18,31H,3,7-8,15-17H2,1-2H3,(H2,30,35);(H,6,7). The van der Waals surface area contributed by atoms with E-state index in [1.165, 1.54) is 7.11 Å². The molecule has 5 aromatic rings. The van der Waals surface area contributed by atoms with Crippen LogP contribution in [0.25, 0.3) is 33.8 Å². The number of hydrogen-bond donors (Lipinski definition) is 3. The number of alkyl halides is 3. The first-order valence-electron chi connectivity index (χ1n) is 14.4. The molecule has 2 aromatic carbocycles. The highest BCUT2D eigenvalue weighted by Crippen LogP contribution is 2.36. The number of anilines is 1. The number of methoxy groups -OCH3 is 1. The fourth-order valence-corrected chi connectivity index (χ4v) is 4.51. The molecule has 0 unspecified atom stereocenters. The number of aliphatic carboxylic acids is 1. The third-order valence-corrected chi connectivity index (χ3v) is 6.78. The molecule has 0 atom stereocenters. The lowest BCUT2D eigenvalue weighted by Gasteiger charge is -2.12. The summed E-state index contributed by atoms with van der Waals surface area (Å²) in [6, 6.07) is 17.3. The summed E-state index contributed by atoms with van der Waals surface area (Å²) in [4.78, 5) is 30.1. The van der Waals surface area contributed by atoms with Crippen molar-refractivity contribution < 1.29 is 42.0 Å². The van der Waals surface area contributed by atoms with Crippen molar-refractivity contribution in [3.05, 3.63) is 71.9 Å². The van der Waals surface area contributed by atoms with Crippen LogP contribution in [0.15, 0.2) is 65.4 Å². The van der Waals surface area contributed by atoms with Crippen LogP contribution >= 0.6 is 0 Å².